The van der Waals surface area contributed by atoms with Crippen molar-refractivity contribution in [3.8, 4) is 17.5 Å². The number of rotatable bonds is 5. The third kappa shape index (κ3) is 6.16. The first-order chi connectivity index (χ1) is 18.0. The van der Waals surface area contributed by atoms with Gasteiger partial charge in [-0.15, -0.1) is 0 Å². The SMILES string of the molecule is CC(C)(C)OC(=O)N1CCN(S(=O)(=O)c2cccc(C(=O)Nc3nc(-c4ccccn4)c(C#N)s3)c2)CC1. The van der Waals surface area contributed by atoms with Gasteiger partial charge in [-0.05, 0) is 51.1 Å². The van der Waals surface area contributed by atoms with Gasteiger partial charge in [0.15, 0.2) is 5.13 Å². The highest BCUT2D eigenvalue weighted by Crippen LogP contribution is 2.30. The van der Waals surface area contributed by atoms with E-state index in [0.717, 1.165) is 11.3 Å². The van der Waals surface area contributed by atoms with Gasteiger partial charge in [0, 0.05) is 37.9 Å². The van der Waals surface area contributed by atoms with Gasteiger partial charge in [-0.1, -0.05) is 23.5 Å². The molecule has 0 bridgehead atoms. The van der Waals surface area contributed by atoms with E-state index in [4.69, 9.17) is 4.74 Å². The van der Waals surface area contributed by atoms with Crippen LogP contribution in [-0.2, 0) is 14.8 Å². The number of nitrogens with one attached hydrogen (secondary N) is 1. The lowest BCUT2D eigenvalue weighted by Gasteiger charge is -2.35. The second kappa shape index (κ2) is 10.9. The number of hydrogen-bond donors (Lipinski definition) is 1. The lowest BCUT2D eigenvalue weighted by Crippen LogP contribution is -2.51. The van der Waals surface area contributed by atoms with Crippen LogP contribution in [0.4, 0.5) is 9.93 Å². The summed E-state index contributed by atoms with van der Waals surface area (Å²) in [6.45, 7) is 5.90. The normalized spacial score (nSPS) is 14.5. The van der Waals surface area contributed by atoms with Crippen molar-refractivity contribution in [3.63, 3.8) is 0 Å². The molecule has 0 unspecified atom stereocenters. The summed E-state index contributed by atoms with van der Waals surface area (Å²) in [4.78, 5) is 35.5. The molecule has 2 amide bonds. The van der Waals surface area contributed by atoms with Gasteiger partial charge in [0.1, 0.15) is 22.2 Å². The van der Waals surface area contributed by atoms with Crippen LogP contribution >= 0.6 is 11.3 Å². The van der Waals surface area contributed by atoms with Crippen LogP contribution in [-0.4, -0.2) is 71.4 Å². The summed E-state index contributed by atoms with van der Waals surface area (Å²) in [5.41, 5.74) is 0.332. The molecule has 11 nitrogen and oxygen atoms in total. The molecule has 1 aliphatic rings. The number of benzene rings is 1. The van der Waals surface area contributed by atoms with Crippen LogP contribution in [0.15, 0.2) is 53.6 Å². The highest BCUT2D eigenvalue weighted by molar-refractivity contribution is 7.89. The summed E-state index contributed by atoms with van der Waals surface area (Å²) in [6, 6.07) is 13.0. The zero-order valence-corrected chi connectivity index (χ0v) is 22.7. The van der Waals surface area contributed by atoms with E-state index >= 15 is 0 Å². The smallest absolute Gasteiger partial charge is 0.410 e. The maximum absolute atomic E-state index is 13.3. The predicted molar refractivity (Wildman–Crippen MR) is 141 cm³/mol. The monoisotopic (exact) mass is 554 g/mol. The maximum atomic E-state index is 13.3. The number of pyridine rings is 1. The predicted octanol–water partition coefficient (Wildman–Crippen LogP) is 3.57. The molecule has 0 aliphatic carbocycles. The molecule has 0 spiro atoms. The van der Waals surface area contributed by atoms with Crippen LogP contribution in [0.5, 0.6) is 0 Å². The molecular formula is C25H26N6O5S2. The molecule has 3 heterocycles. The third-order valence-electron chi connectivity index (χ3n) is 5.48. The zero-order chi connectivity index (χ0) is 27.5. The lowest BCUT2D eigenvalue weighted by atomic mass is 10.2. The Hall–Kier alpha value is -3.86. The molecule has 0 saturated carbocycles. The zero-order valence-electron chi connectivity index (χ0n) is 21.0. The average Bonchev–Trinajstić information content (AvgIpc) is 3.31. The number of nitriles is 1. The van der Waals surface area contributed by atoms with Gasteiger partial charge < -0.3 is 9.64 Å². The fraction of sp³-hybridized carbons (Fsp3) is 0.320. The van der Waals surface area contributed by atoms with Crippen LogP contribution in [0, 0.1) is 11.3 Å². The average molecular weight is 555 g/mol. The van der Waals surface area contributed by atoms with E-state index in [1.54, 1.807) is 45.2 Å². The van der Waals surface area contributed by atoms with Crippen molar-refractivity contribution >= 4 is 38.5 Å². The molecule has 0 radical (unpaired) electrons. The van der Waals surface area contributed by atoms with Gasteiger partial charge in [-0.2, -0.15) is 9.57 Å². The van der Waals surface area contributed by atoms with Crippen molar-refractivity contribution in [2.24, 2.45) is 0 Å². The number of anilines is 1. The summed E-state index contributed by atoms with van der Waals surface area (Å²) in [5, 5.41) is 12.3. The number of sulfonamides is 1. The van der Waals surface area contributed by atoms with Crippen LogP contribution < -0.4 is 5.32 Å². The minimum atomic E-state index is -3.91. The minimum absolute atomic E-state index is 0.0399. The first-order valence-corrected chi connectivity index (χ1v) is 14.0. The molecule has 1 aromatic carbocycles. The van der Waals surface area contributed by atoms with Crippen molar-refractivity contribution in [2.75, 3.05) is 31.5 Å². The van der Waals surface area contributed by atoms with Gasteiger partial charge in [0.2, 0.25) is 10.0 Å². The Labute approximate surface area is 224 Å². The van der Waals surface area contributed by atoms with Crippen molar-refractivity contribution in [2.45, 2.75) is 31.3 Å². The summed E-state index contributed by atoms with van der Waals surface area (Å²) in [6.07, 6.45) is 1.10. The fourth-order valence-electron chi connectivity index (χ4n) is 3.68. The molecule has 38 heavy (non-hydrogen) atoms. The summed E-state index contributed by atoms with van der Waals surface area (Å²) >= 11 is 1.00. The molecule has 2 aromatic heterocycles. The largest absolute Gasteiger partial charge is 0.444 e. The number of carbonyl (C=O) groups is 2. The quantitative estimate of drug-likeness (QED) is 0.504. The molecule has 1 saturated heterocycles. The van der Waals surface area contributed by atoms with Crippen LogP contribution in [0.25, 0.3) is 11.4 Å². The van der Waals surface area contributed by atoms with Crippen LogP contribution in [0.3, 0.4) is 0 Å². The lowest BCUT2D eigenvalue weighted by molar-refractivity contribution is 0.0192. The second-order valence-electron chi connectivity index (χ2n) is 9.38. The molecule has 1 fully saturated rings. The summed E-state index contributed by atoms with van der Waals surface area (Å²) in [5.74, 6) is -0.567. The Bertz CT molecular complexity index is 1480. The molecule has 13 heteroatoms. The van der Waals surface area contributed by atoms with E-state index in [0.29, 0.717) is 16.3 Å². The summed E-state index contributed by atoms with van der Waals surface area (Å²) in [7, 11) is -3.91. The van der Waals surface area contributed by atoms with E-state index in [-0.39, 0.29) is 41.8 Å². The third-order valence-corrected chi connectivity index (χ3v) is 8.25. The van der Waals surface area contributed by atoms with E-state index in [1.807, 2.05) is 0 Å². The highest BCUT2D eigenvalue weighted by atomic mass is 32.2. The first kappa shape index (κ1) is 27.2. The Morgan fingerprint density at radius 1 is 1.11 bits per heavy atom. The Kier molecular flexibility index (Phi) is 7.77. The van der Waals surface area contributed by atoms with Gasteiger partial charge >= 0.3 is 6.09 Å². The van der Waals surface area contributed by atoms with Crippen molar-refractivity contribution in [1.82, 2.24) is 19.2 Å². The summed E-state index contributed by atoms with van der Waals surface area (Å²) < 4.78 is 33.2. The molecular weight excluding hydrogens is 528 g/mol. The van der Waals surface area contributed by atoms with E-state index in [9.17, 15) is 23.3 Å². The molecule has 0 atom stereocenters. The topological polar surface area (TPSA) is 146 Å². The molecule has 198 valence electrons. The minimum Gasteiger partial charge on any atom is -0.444 e. The number of aromatic nitrogens is 2. The van der Waals surface area contributed by atoms with E-state index in [1.165, 1.54) is 33.5 Å². The van der Waals surface area contributed by atoms with Gasteiger partial charge in [-0.25, -0.2) is 18.2 Å². The van der Waals surface area contributed by atoms with Crippen molar-refractivity contribution in [3.05, 3.63) is 59.1 Å². The number of piperazine rings is 1. The Morgan fingerprint density at radius 3 is 2.47 bits per heavy atom. The van der Waals surface area contributed by atoms with Gasteiger partial charge in [0.25, 0.3) is 5.91 Å². The number of hydrogen-bond acceptors (Lipinski definition) is 9. The van der Waals surface area contributed by atoms with E-state index < -0.39 is 27.6 Å². The van der Waals surface area contributed by atoms with Crippen LogP contribution in [0.1, 0.15) is 36.0 Å². The molecule has 3 aromatic rings. The van der Waals surface area contributed by atoms with E-state index in [2.05, 4.69) is 21.4 Å². The Balaban J connectivity index is 1.46. The first-order valence-electron chi connectivity index (χ1n) is 11.7. The number of amides is 2. The van der Waals surface area contributed by atoms with Gasteiger partial charge in [0.05, 0.1) is 10.6 Å². The number of thiazole rings is 1. The second-order valence-corrected chi connectivity index (χ2v) is 12.3. The molecule has 1 N–H and O–H groups in total. The molecule has 4 rings (SSSR count). The number of ether oxygens (including phenoxy) is 1. The standard InChI is InChI=1S/C25H26N6O5S2/c1-25(2,3)36-24(33)30-11-13-31(14-12-30)38(34,35)18-8-6-7-17(15-18)22(32)29-23-28-21(20(16-26)37-23)19-9-4-5-10-27-19/h4-10,15H,11-14H2,1-3H3,(H,28,29,32). The highest BCUT2D eigenvalue weighted by Gasteiger charge is 2.32. The fourth-order valence-corrected chi connectivity index (χ4v) is 5.91. The number of nitrogens with zero attached hydrogens (tertiary/aromatic N) is 5. The number of carbonyl (C=O) groups excluding carboxylic acids is 2. The van der Waals surface area contributed by atoms with Crippen molar-refractivity contribution in [1.29, 1.82) is 5.26 Å². The van der Waals surface area contributed by atoms with Crippen LogP contribution in [0.2, 0.25) is 0 Å². The Morgan fingerprint density at radius 2 is 1.84 bits per heavy atom. The van der Waals surface area contributed by atoms with Gasteiger partial charge in [-0.3, -0.25) is 15.1 Å². The van der Waals surface area contributed by atoms with Crippen molar-refractivity contribution < 1.29 is 22.7 Å². The maximum Gasteiger partial charge on any atom is 0.410 e. The molecule has 1 aliphatic heterocycles.